The van der Waals surface area contributed by atoms with Crippen LogP contribution in [0.3, 0.4) is 0 Å². The number of carbonyl (C=O) groups is 1. The van der Waals surface area contributed by atoms with Crippen LogP contribution in [0.2, 0.25) is 0 Å². The van der Waals surface area contributed by atoms with Crippen molar-refractivity contribution in [3.63, 3.8) is 0 Å². The lowest BCUT2D eigenvalue weighted by Crippen LogP contribution is -2.21. The van der Waals surface area contributed by atoms with Crippen LogP contribution < -0.4 is 4.90 Å². The number of benzene rings is 3. The monoisotopic (exact) mass is 1010 g/mol. The smallest absolute Gasteiger partial charge is 0.335 e. The van der Waals surface area contributed by atoms with Gasteiger partial charge in [0.1, 0.15) is 0 Å². The zero-order chi connectivity index (χ0) is 51.8. The average molecular weight is 1010 g/mol. The van der Waals surface area contributed by atoms with Crippen LogP contribution in [0.5, 0.6) is 0 Å². The van der Waals surface area contributed by atoms with Gasteiger partial charge in [-0.3, -0.25) is 0 Å². The van der Waals surface area contributed by atoms with E-state index in [0.29, 0.717) is 0 Å². The van der Waals surface area contributed by atoms with E-state index in [0.717, 1.165) is 125 Å². The summed E-state index contributed by atoms with van der Waals surface area (Å²) in [4.78, 5) is 35.2. The number of H-pyrrole nitrogens is 2. The molecule has 3 aromatic carbocycles. The van der Waals surface area contributed by atoms with Crippen molar-refractivity contribution in [1.82, 2.24) is 19.9 Å². The van der Waals surface area contributed by atoms with E-state index in [1.165, 1.54) is 109 Å². The zero-order valence-corrected chi connectivity index (χ0v) is 45.2. The van der Waals surface area contributed by atoms with Gasteiger partial charge in [0.25, 0.3) is 0 Å². The molecule has 8 heteroatoms. The molecular weight excluding hydrogens is 939 g/mol. The van der Waals surface area contributed by atoms with Gasteiger partial charge in [-0.1, -0.05) is 165 Å². The van der Waals surface area contributed by atoms with E-state index in [1.54, 1.807) is 24.3 Å². The van der Waals surface area contributed by atoms with Gasteiger partial charge in [0.2, 0.25) is 0 Å². The lowest BCUT2D eigenvalue weighted by atomic mass is 10.0. The van der Waals surface area contributed by atoms with Gasteiger partial charge in [0.05, 0.1) is 61.9 Å². The predicted octanol–water partition coefficient (Wildman–Crippen LogP) is 17.9. The van der Waals surface area contributed by atoms with Crippen LogP contribution in [0, 0.1) is 23.7 Å². The van der Waals surface area contributed by atoms with E-state index < -0.39 is 5.97 Å². The molecule has 384 valence electrons. The first-order valence-corrected chi connectivity index (χ1v) is 28.9. The van der Waals surface area contributed by atoms with Gasteiger partial charge in [0, 0.05) is 49.6 Å². The lowest BCUT2D eigenvalue weighted by Gasteiger charge is -2.32. The summed E-state index contributed by atoms with van der Waals surface area (Å²) in [6, 6.07) is 31.0. The molecule has 0 atom stereocenters. The molecule has 0 spiro atoms. The summed E-state index contributed by atoms with van der Waals surface area (Å²) in [7, 11) is 0. The van der Waals surface area contributed by atoms with Crippen LogP contribution in [-0.4, -0.2) is 37.6 Å². The lowest BCUT2D eigenvalue weighted by molar-refractivity contribution is 0.0697. The topological polar surface area (TPSA) is 97.9 Å². The maximum absolute atomic E-state index is 11.7. The van der Waals surface area contributed by atoms with Gasteiger partial charge >= 0.3 is 5.97 Å². The second-order valence-corrected chi connectivity index (χ2v) is 21.4. The summed E-state index contributed by atoms with van der Waals surface area (Å²) < 4.78 is 0. The van der Waals surface area contributed by atoms with E-state index in [9.17, 15) is 9.90 Å². The van der Waals surface area contributed by atoms with Gasteiger partial charge in [-0.15, -0.1) is 0 Å². The van der Waals surface area contributed by atoms with Crippen molar-refractivity contribution < 1.29 is 9.90 Å². The number of nitrogens with zero attached hydrogens (tertiary/aromatic N) is 3. The molecule has 6 heterocycles. The van der Waals surface area contributed by atoms with Crippen LogP contribution in [0.25, 0.3) is 46.4 Å². The molecule has 0 aliphatic carbocycles. The number of unbranched alkanes of at least 4 members (excludes halogenated alkanes) is 15. The van der Waals surface area contributed by atoms with E-state index in [2.05, 4.69) is 150 Å². The number of carboxylic acid groups (broad SMARTS) is 1. The first kappa shape index (κ1) is 52.8. The van der Waals surface area contributed by atoms with E-state index >= 15 is 0 Å². The maximum atomic E-state index is 11.7. The van der Waals surface area contributed by atoms with Gasteiger partial charge in [-0.2, -0.15) is 0 Å². The van der Waals surface area contributed by atoms with Crippen molar-refractivity contribution in [1.29, 1.82) is 0 Å². The van der Waals surface area contributed by atoms with Crippen molar-refractivity contribution in [3.8, 4) is 23.7 Å². The first-order chi connectivity index (χ1) is 36.9. The Kier molecular flexibility index (Phi) is 18.7. The first-order valence-electron chi connectivity index (χ1n) is 28.1. The molecule has 8 bridgehead atoms. The molecule has 6 aromatic rings. The summed E-state index contributed by atoms with van der Waals surface area (Å²) in [5.41, 5.74) is 15.8. The number of hydrogen-bond donors (Lipinski definition) is 3. The van der Waals surface area contributed by atoms with E-state index in [-0.39, 0.29) is 5.56 Å². The van der Waals surface area contributed by atoms with Gasteiger partial charge < -0.3 is 20.0 Å². The molecule has 0 fully saturated rings. The fraction of sp³-hybridized carbons (Fsp3) is 0.358. The van der Waals surface area contributed by atoms with E-state index in [1.807, 2.05) is 11.8 Å². The normalized spacial score (nSPS) is 12.2. The fourth-order valence-corrected chi connectivity index (χ4v) is 11.6. The molecule has 3 aliphatic rings. The second kappa shape index (κ2) is 26.5. The Morgan fingerprint density at radius 1 is 0.493 bits per heavy atom. The highest BCUT2D eigenvalue weighted by Crippen LogP contribution is 2.48. The maximum Gasteiger partial charge on any atom is 0.335 e. The van der Waals surface area contributed by atoms with Gasteiger partial charge in [-0.25, -0.2) is 14.8 Å². The molecule has 3 N–H and O–H groups in total. The number of aromatic carboxylic acids is 1. The molecule has 0 saturated carbocycles. The average Bonchev–Trinajstić information content (AvgIpc) is 4.29. The Balaban J connectivity index is 1.18. The number of anilines is 2. The van der Waals surface area contributed by atoms with E-state index in [4.69, 9.17) is 9.97 Å². The largest absolute Gasteiger partial charge is 0.478 e. The summed E-state index contributed by atoms with van der Waals surface area (Å²) >= 11 is 1.83. The third-order valence-electron chi connectivity index (χ3n) is 14.7. The third-order valence-corrected chi connectivity index (χ3v) is 15.8. The Labute approximate surface area is 449 Å². The van der Waals surface area contributed by atoms with Gasteiger partial charge in [-0.05, 0) is 135 Å². The molecule has 9 rings (SSSR count). The number of rotatable bonds is 22. The SMILES string of the molecule is CCCCCCCCCCc1c2nc(c(C#Cc3ccc(C(=O)O)cc3)c3nc(c(CCCCCCCCCC)c4ccc([nH]4)c(C#Cc4ccc5c(c4)Sc4ccccc4N5CCCC)c4ccc1[nH]4)C=C3)C=C2. The zero-order valence-electron chi connectivity index (χ0n) is 44.4. The van der Waals surface area contributed by atoms with Crippen molar-refractivity contribution in [2.45, 2.75) is 159 Å². The molecule has 7 nitrogen and oxygen atoms in total. The minimum atomic E-state index is -0.960. The number of fused-ring (bicyclic) bond motifs is 10. The number of aromatic amines is 2. The number of nitrogens with one attached hydrogen (secondary N) is 2. The minimum Gasteiger partial charge on any atom is -0.478 e. The fourth-order valence-electron chi connectivity index (χ4n) is 10.4. The standard InChI is InChI=1S/C67H73N5O2S/c1-4-7-10-12-14-16-18-20-24-51-55-37-41-59(68-55)53(35-30-48-28-33-50(34-29-48)67(73)74)60-42-38-56(69-60)52(25-21-19-17-15-13-11-8-5-2)58-40-44-62(71-58)54(61-43-39-57(51)70-61)36-31-49-32-45-64-66(47-49)75-65-27-23-22-26-63(65)72(64)46-9-6-3/h22-23,26-29,32-34,37-45,47,70-71H,4-21,24-25,46H2,1-3H3,(H,73,74). The molecule has 0 amide bonds. The van der Waals surface area contributed by atoms with Crippen molar-refractivity contribution >= 4 is 75.5 Å². The molecule has 3 aromatic heterocycles. The second-order valence-electron chi connectivity index (χ2n) is 20.3. The molecule has 75 heavy (non-hydrogen) atoms. The Hall–Kier alpha value is -7.00. The third kappa shape index (κ3) is 13.5. The summed E-state index contributed by atoms with van der Waals surface area (Å²) in [6.07, 6.45) is 32.2. The number of aromatic nitrogens is 4. The molecule has 0 radical (unpaired) electrons. The summed E-state index contributed by atoms with van der Waals surface area (Å²) in [5.74, 6) is 13.2. The van der Waals surface area contributed by atoms with Crippen LogP contribution in [0.1, 0.15) is 203 Å². The number of hydrogen-bond acceptors (Lipinski definition) is 5. The predicted molar refractivity (Wildman–Crippen MR) is 316 cm³/mol. The highest BCUT2D eigenvalue weighted by Gasteiger charge is 2.23. The van der Waals surface area contributed by atoms with Crippen molar-refractivity contribution in [2.75, 3.05) is 11.4 Å². The number of carboxylic acids is 1. The number of aryl methyl sites for hydroxylation is 2. The molecule has 0 saturated heterocycles. The quantitative estimate of drug-likeness (QED) is 0.0462. The molecule has 0 unspecified atom stereocenters. The molecule has 3 aliphatic heterocycles. The van der Waals surface area contributed by atoms with Crippen LogP contribution in [-0.2, 0) is 12.8 Å². The Morgan fingerprint density at radius 3 is 1.55 bits per heavy atom. The van der Waals surface area contributed by atoms with Crippen LogP contribution in [0.4, 0.5) is 11.4 Å². The highest BCUT2D eigenvalue weighted by atomic mass is 32.2. The van der Waals surface area contributed by atoms with Crippen LogP contribution >= 0.6 is 11.8 Å². The number of para-hydroxylation sites is 1. The highest BCUT2D eigenvalue weighted by molar-refractivity contribution is 7.99. The Morgan fingerprint density at radius 2 is 0.973 bits per heavy atom. The Bertz CT molecular complexity index is 3210. The van der Waals surface area contributed by atoms with Crippen LogP contribution in [0.15, 0.2) is 101 Å². The summed E-state index contributed by atoms with van der Waals surface area (Å²) in [5, 5.41) is 9.57. The summed E-state index contributed by atoms with van der Waals surface area (Å²) in [6.45, 7) is 7.78. The molecular formula is C67H73N5O2S. The van der Waals surface area contributed by atoms with Gasteiger partial charge in [0.15, 0.2) is 0 Å². The van der Waals surface area contributed by atoms with Crippen molar-refractivity contribution in [2.24, 2.45) is 0 Å². The van der Waals surface area contributed by atoms with Crippen molar-refractivity contribution in [3.05, 3.63) is 153 Å². The minimum absolute atomic E-state index is 0.230.